The van der Waals surface area contributed by atoms with E-state index >= 15 is 0 Å². The van der Waals surface area contributed by atoms with E-state index in [1.54, 1.807) is 12.2 Å². The first-order valence-corrected chi connectivity index (χ1v) is 10.6. The highest BCUT2D eigenvalue weighted by molar-refractivity contribution is 9.09. The number of carbonyl (C=O) groups excluding carboxylic acids is 2. The number of carbonyl (C=O) groups is 2. The standard InChI is InChI=1S/C21H27BrO5/c1-19-5-3-12(24)7-11(19)8-14(22)17-13-4-6-21(27,16(26)10-23)20(13,2)9-15(25)18(17)19/h3,5,7,13-15,17-18,23,25,27H,4,6,8-10H2,1-2H3/t13-,14?,15?,17+,18-,19-,20-,21-/m0/s1. The molecule has 6 heteroatoms. The minimum atomic E-state index is -1.60. The normalized spacial score (nSPS) is 51.3. The molecule has 5 nitrogen and oxygen atoms in total. The molecular formula is C21H27BrO5. The van der Waals surface area contributed by atoms with Gasteiger partial charge in [-0.15, -0.1) is 0 Å². The molecule has 4 aliphatic rings. The van der Waals surface area contributed by atoms with Crippen LogP contribution in [0.1, 0.15) is 39.5 Å². The van der Waals surface area contributed by atoms with Crippen molar-refractivity contribution in [2.45, 2.75) is 56.1 Å². The summed E-state index contributed by atoms with van der Waals surface area (Å²) in [5, 5.41) is 31.9. The molecule has 3 saturated carbocycles. The number of fused-ring (bicyclic) bond motifs is 5. The number of hydrogen-bond acceptors (Lipinski definition) is 5. The average molecular weight is 439 g/mol. The lowest BCUT2D eigenvalue weighted by Gasteiger charge is -2.60. The summed E-state index contributed by atoms with van der Waals surface area (Å²) >= 11 is 3.81. The second-order valence-electron chi connectivity index (χ2n) is 9.29. The molecule has 27 heavy (non-hydrogen) atoms. The third-order valence-electron chi connectivity index (χ3n) is 8.24. The molecular weight excluding hydrogens is 412 g/mol. The average Bonchev–Trinajstić information content (AvgIpc) is 2.87. The smallest absolute Gasteiger partial charge is 0.190 e. The third kappa shape index (κ3) is 2.39. The predicted octanol–water partition coefficient (Wildman–Crippen LogP) is 1.93. The van der Waals surface area contributed by atoms with Crippen LogP contribution in [0.2, 0.25) is 0 Å². The molecule has 0 radical (unpaired) electrons. The Bertz CT molecular complexity index is 760. The van der Waals surface area contributed by atoms with Gasteiger partial charge in [0.05, 0.1) is 6.10 Å². The Morgan fingerprint density at radius 3 is 2.74 bits per heavy atom. The van der Waals surface area contributed by atoms with Crippen LogP contribution in [-0.4, -0.2) is 50.0 Å². The highest BCUT2D eigenvalue weighted by atomic mass is 79.9. The van der Waals surface area contributed by atoms with Crippen LogP contribution in [0.3, 0.4) is 0 Å². The van der Waals surface area contributed by atoms with Gasteiger partial charge in [0.1, 0.15) is 12.2 Å². The molecule has 2 unspecified atom stereocenters. The largest absolute Gasteiger partial charge is 0.393 e. The fraction of sp³-hybridized carbons (Fsp3) is 0.714. The minimum absolute atomic E-state index is 0.0143. The van der Waals surface area contributed by atoms with Crippen LogP contribution in [0, 0.1) is 28.6 Å². The van der Waals surface area contributed by atoms with Gasteiger partial charge in [-0.25, -0.2) is 0 Å². The molecule has 0 aromatic heterocycles. The Morgan fingerprint density at radius 1 is 1.37 bits per heavy atom. The van der Waals surface area contributed by atoms with Gasteiger partial charge in [-0.3, -0.25) is 9.59 Å². The van der Waals surface area contributed by atoms with Crippen molar-refractivity contribution in [1.29, 1.82) is 0 Å². The Kier molecular flexibility index (Phi) is 4.39. The van der Waals surface area contributed by atoms with E-state index in [9.17, 15) is 24.9 Å². The molecule has 0 aliphatic heterocycles. The summed E-state index contributed by atoms with van der Waals surface area (Å²) in [4.78, 5) is 24.4. The molecule has 3 N–H and O–H groups in total. The zero-order valence-corrected chi connectivity index (χ0v) is 17.3. The van der Waals surface area contributed by atoms with Gasteiger partial charge in [0, 0.05) is 21.6 Å². The monoisotopic (exact) mass is 438 g/mol. The van der Waals surface area contributed by atoms with Crippen molar-refractivity contribution in [2.24, 2.45) is 28.6 Å². The Labute approximate surface area is 167 Å². The van der Waals surface area contributed by atoms with Crippen molar-refractivity contribution >= 4 is 27.5 Å². The SMILES string of the molecule is C[C@]12C=CC(=O)C=C1CC(Br)[C@@H]1[C@@H]2C(O)C[C@@]2(C)[C@H]1CC[C@]2(O)C(=O)CO. The van der Waals surface area contributed by atoms with Gasteiger partial charge in [-0.1, -0.05) is 41.4 Å². The predicted molar refractivity (Wildman–Crippen MR) is 103 cm³/mol. The molecule has 0 spiro atoms. The summed E-state index contributed by atoms with van der Waals surface area (Å²) in [7, 11) is 0. The molecule has 0 bridgehead atoms. The second-order valence-corrected chi connectivity index (χ2v) is 10.5. The minimum Gasteiger partial charge on any atom is -0.393 e. The summed E-state index contributed by atoms with van der Waals surface area (Å²) in [6, 6.07) is 0. The van der Waals surface area contributed by atoms with Crippen LogP contribution in [0.5, 0.6) is 0 Å². The van der Waals surface area contributed by atoms with E-state index in [1.165, 1.54) is 0 Å². The summed E-state index contributed by atoms with van der Waals surface area (Å²) in [6.07, 6.45) is 6.54. The van der Waals surface area contributed by atoms with Crippen molar-refractivity contribution in [3.05, 3.63) is 23.8 Å². The number of halogens is 1. The van der Waals surface area contributed by atoms with Gasteiger partial charge < -0.3 is 15.3 Å². The van der Waals surface area contributed by atoms with E-state index in [0.717, 1.165) is 5.57 Å². The van der Waals surface area contributed by atoms with Gasteiger partial charge in [-0.05, 0) is 49.7 Å². The lowest BCUT2D eigenvalue weighted by atomic mass is 9.46. The zero-order chi connectivity index (χ0) is 19.8. The zero-order valence-electron chi connectivity index (χ0n) is 15.7. The molecule has 0 aromatic rings. The Balaban J connectivity index is 1.79. The van der Waals surface area contributed by atoms with E-state index in [4.69, 9.17) is 0 Å². The lowest BCUT2D eigenvalue weighted by Crippen LogP contribution is -2.63. The van der Waals surface area contributed by atoms with Gasteiger partial charge in [0.25, 0.3) is 0 Å². The quantitative estimate of drug-likeness (QED) is 0.572. The maximum atomic E-state index is 12.4. The van der Waals surface area contributed by atoms with Gasteiger partial charge >= 0.3 is 0 Å². The number of ketones is 2. The summed E-state index contributed by atoms with van der Waals surface area (Å²) in [5.41, 5.74) is -1.72. The van der Waals surface area contributed by atoms with Crippen LogP contribution in [0.15, 0.2) is 23.8 Å². The first-order chi connectivity index (χ1) is 12.6. The fourth-order valence-electron chi connectivity index (χ4n) is 6.83. The van der Waals surface area contributed by atoms with Gasteiger partial charge in [0.2, 0.25) is 0 Å². The number of Topliss-reactive ketones (excluding diaryl/α,β-unsaturated/α-hetero) is 1. The van der Waals surface area contributed by atoms with E-state index < -0.39 is 34.9 Å². The second kappa shape index (κ2) is 6.09. The van der Waals surface area contributed by atoms with E-state index in [1.807, 2.05) is 13.0 Å². The molecule has 0 heterocycles. The number of hydrogen-bond donors (Lipinski definition) is 3. The Hall–Kier alpha value is -0.820. The van der Waals surface area contributed by atoms with Crippen molar-refractivity contribution in [2.75, 3.05) is 6.61 Å². The number of allylic oxidation sites excluding steroid dienone is 4. The highest BCUT2D eigenvalue weighted by Gasteiger charge is 2.69. The van der Waals surface area contributed by atoms with Crippen molar-refractivity contribution < 1.29 is 24.9 Å². The topological polar surface area (TPSA) is 94.8 Å². The number of aliphatic hydroxyl groups excluding tert-OH is 2. The Morgan fingerprint density at radius 2 is 2.07 bits per heavy atom. The number of rotatable bonds is 2. The highest BCUT2D eigenvalue weighted by Crippen LogP contribution is 2.67. The first-order valence-electron chi connectivity index (χ1n) is 9.71. The first kappa shape index (κ1) is 19.5. The van der Waals surface area contributed by atoms with Crippen molar-refractivity contribution in [1.82, 2.24) is 0 Å². The van der Waals surface area contributed by atoms with Gasteiger partial charge in [0.15, 0.2) is 11.6 Å². The summed E-state index contributed by atoms with van der Waals surface area (Å²) in [5.74, 6) is -0.523. The van der Waals surface area contributed by atoms with Crippen LogP contribution < -0.4 is 0 Å². The van der Waals surface area contributed by atoms with Crippen molar-refractivity contribution in [3.63, 3.8) is 0 Å². The van der Waals surface area contributed by atoms with E-state index in [0.29, 0.717) is 25.7 Å². The van der Waals surface area contributed by atoms with E-state index in [-0.39, 0.29) is 28.4 Å². The lowest BCUT2D eigenvalue weighted by molar-refractivity contribution is -0.177. The maximum Gasteiger partial charge on any atom is 0.190 e. The summed E-state index contributed by atoms with van der Waals surface area (Å²) in [6.45, 7) is 3.30. The molecule has 0 aromatic carbocycles. The van der Waals surface area contributed by atoms with Crippen LogP contribution in [-0.2, 0) is 9.59 Å². The number of alkyl halides is 1. The molecule has 4 rings (SSSR count). The van der Waals surface area contributed by atoms with Crippen LogP contribution in [0.4, 0.5) is 0 Å². The molecule has 0 saturated heterocycles. The molecule has 3 fully saturated rings. The molecule has 148 valence electrons. The summed E-state index contributed by atoms with van der Waals surface area (Å²) < 4.78 is 0. The van der Waals surface area contributed by atoms with Gasteiger partial charge in [-0.2, -0.15) is 0 Å². The molecule has 0 amide bonds. The molecule has 4 aliphatic carbocycles. The third-order valence-corrected chi connectivity index (χ3v) is 9.17. The fourth-order valence-corrected chi connectivity index (χ4v) is 7.88. The maximum absolute atomic E-state index is 12.4. The van der Waals surface area contributed by atoms with Crippen LogP contribution >= 0.6 is 15.9 Å². The molecule has 8 atom stereocenters. The van der Waals surface area contributed by atoms with Crippen molar-refractivity contribution in [3.8, 4) is 0 Å². The van der Waals surface area contributed by atoms with Crippen LogP contribution in [0.25, 0.3) is 0 Å². The number of aliphatic hydroxyl groups is 3. The van der Waals surface area contributed by atoms with E-state index in [2.05, 4.69) is 22.9 Å².